The number of nitrogens with zero attached hydrogens (tertiary/aromatic N) is 2. The minimum atomic E-state index is -0.550. The zero-order valence-electron chi connectivity index (χ0n) is 12.8. The van der Waals surface area contributed by atoms with E-state index in [1.54, 1.807) is 0 Å². The van der Waals surface area contributed by atoms with Gasteiger partial charge >= 0.3 is 0 Å². The van der Waals surface area contributed by atoms with Crippen LogP contribution in [-0.2, 0) is 4.79 Å². The molecule has 0 saturated carbocycles. The summed E-state index contributed by atoms with van der Waals surface area (Å²) in [6, 6.07) is 7.55. The maximum atomic E-state index is 12.5. The lowest BCUT2D eigenvalue weighted by atomic mass is 10.0. The predicted molar refractivity (Wildman–Crippen MR) is 91.3 cm³/mol. The zero-order chi connectivity index (χ0) is 14.0. The Labute approximate surface area is 139 Å². The molecule has 6 heteroatoms. The van der Waals surface area contributed by atoms with Crippen molar-refractivity contribution < 1.29 is 4.79 Å². The van der Waals surface area contributed by atoms with E-state index in [0.717, 1.165) is 25.2 Å². The van der Waals surface area contributed by atoms with Crippen molar-refractivity contribution in [3.8, 4) is 0 Å². The number of halogens is 2. The molecule has 120 valence electrons. The van der Waals surface area contributed by atoms with E-state index in [0.29, 0.717) is 0 Å². The molecule has 21 heavy (non-hydrogen) atoms. The van der Waals surface area contributed by atoms with E-state index in [4.69, 9.17) is 5.73 Å². The Kier molecular flexibility index (Phi) is 8.26. The molecule has 2 unspecified atom stereocenters. The highest BCUT2D eigenvalue weighted by Crippen LogP contribution is 2.17. The molecule has 0 bridgehead atoms. The molecule has 0 spiro atoms. The van der Waals surface area contributed by atoms with Gasteiger partial charge in [0.1, 0.15) is 6.04 Å². The highest BCUT2D eigenvalue weighted by molar-refractivity contribution is 5.85. The van der Waals surface area contributed by atoms with E-state index in [-0.39, 0.29) is 36.8 Å². The number of rotatable bonds is 2. The Bertz CT molecular complexity index is 453. The SMILES string of the molecule is Cc1ccc(C(N)C(=O)N2CCN(C)CC2C)cc1.Cl.Cl. The molecule has 0 aromatic heterocycles. The normalized spacial score (nSPS) is 20.2. The molecule has 1 amide bonds. The predicted octanol–water partition coefficient (Wildman–Crippen LogP) is 2.00. The molecule has 2 rings (SSSR count). The molecule has 1 aromatic carbocycles. The Morgan fingerprint density at radius 3 is 2.33 bits per heavy atom. The molecule has 0 radical (unpaired) electrons. The van der Waals surface area contributed by atoms with Gasteiger partial charge in [-0.05, 0) is 26.5 Å². The number of carbonyl (C=O) groups is 1. The Balaban J connectivity index is 0.00000200. The van der Waals surface area contributed by atoms with Gasteiger partial charge in [-0.15, -0.1) is 24.8 Å². The maximum absolute atomic E-state index is 12.5. The van der Waals surface area contributed by atoms with Crippen LogP contribution in [0.4, 0.5) is 0 Å². The van der Waals surface area contributed by atoms with Crippen LogP contribution < -0.4 is 5.73 Å². The zero-order valence-corrected chi connectivity index (χ0v) is 14.4. The van der Waals surface area contributed by atoms with E-state index in [1.807, 2.05) is 36.1 Å². The van der Waals surface area contributed by atoms with Gasteiger partial charge in [-0.3, -0.25) is 4.79 Å². The Hall–Kier alpha value is -0.810. The Morgan fingerprint density at radius 2 is 1.81 bits per heavy atom. The van der Waals surface area contributed by atoms with Crippen molar-refractivity contribution in [1.82, 2.24) is 9.80 Å². The van der Waals surface area contributed by atoms with Crippen LogP contribution in [0.3, 0.4) is 0 Å². The van der Waals surface area contributed by atoms with E-state index in [2.05, 4.69) is 18.9 Å². The number of aryl methyl sites for hydroxylation is 1. The summed E-state index contributed by atoms with van der Waals surface area (Å²) in [5, 5.41) is 0. The fourth-order valence-corrected chi connectivity index (χ4v) is 2.56. The second-order valence-corrected chi connectivity index (χ2v) is 5.53. The fourth-order valence-electron chi connectivity index (χ4n) is 2.56. The van der Waals surface area contributed by atoms with E-state index >= 15 is 0 Å². The lowest BCUT2D eigenvalue weighted by Gasteiger charge is -2.39. The van der Waals surface area contributed by atoms with Gasteiger partial charge in [0.2, 0.25) is 5.91 Å². The van der Waals surface area contributed by atoms with E-state index in [1.165, 1.54) is 5.56 Å². The van der Waals surface area contributed by atoms with Crippen LogP contribution in [0.1, 0.15) is 24.1 Å². The van der Waals surface area contributed by atoms with Crippen LogP contribution in [0.2, 0.25) is 0 Å². The van der Waals surface area contributed by atoms with Gasteiger partial charge in [0.05, 0.1) is 0 Å². The number of amides is 1. The molecule has 1 heterocycles. The lowest BCUT2D eigenvalue weighted by molar-refractivity contribution is -0.137. The third kappa shape index (κ3) is 4.85. The van der Waals surface area contributed by atoms with Crippen molar-refractivity contribution in [2.75, 3.05) is 26.7 Å². The number of benzene rings is 1. The van der Waals surface area contributed by atoms with Gasteiger partial charge in [0.25, 0.3) is 0 Å². The molecule has 1 aliphatic heterocycles. The van der Waals surface area contributed by atoms with Crippen molar-refractivity contribution in [2.24, 2.45) is 5.73 Å². The lowest BCUT2D eigenvalue weighted by Crippen LogP contribution is -2.54. The summed E-state index contributed by atoms with van der Waals surface area (Å²) in [5.41, 5.74) is 8.18. The summed E-state index contributed by atoms with van der Waals surface area (Å²) in [6.07, 6.45) is 0. The van der Waals surface area contributed by atoms with Crippen molar-refractivity contribution in [1.29, 1.82) is 0 Å². The molecule has 0 aliphatic carbocycles. The molecule has 4 nitrogen and oxygen atoms in total. The van der Waals surface area contributed by atoms with Gasteiger partial charge < -0.3 is 15.5 Å². The first kappa shape index (κ1) is 20.2. The molecule has 2 atom stereocenters. The third-order valence-electron chi connectivity index (χ3n) is 3.82. The van der Waals surface area contributed by atoms with Crippen molar-refractivity contribution >= 4 is 30.7 Å². The summed E-state index contributed by atoms with van der Waals surface area (Å²) in [4.78, 5) is 16.6. The monoisotopic (exact) mass is 333 g/mol. The van der Waals surface area contributed by atoms with Crippen molar-refractivity contribution in [3.05, 3.63) is 35.4 Å². The first-order chi connectivity index (χ1) is 8.99. The number of nitrogens with two attached hydrogens (primary N) is 1. The number of piperazine rings is 1. The van der Waals surface area contributed by atoms with Gasteiger partial charge in [-0.25, -0.2) is 0 Å². The average molecular weight is 334 g/mol. The van der Waals surface area contributed by atoms with Crippen molar-refractivity contribution in [2.45, 2.75) is 25.9 Å². The van der Waals surface area contributed by atoms with Gasteiger partial charge in [0, 0.05) is 25.7 Å². The first-order valence-corrected chi connectivity index (χ1v) is 6.80. The molecule has 1 aliphatic rings. The summed E-state index contributed by atoms with van der Waals surface area (Å²) in [6.45, 7) is 6.69. The number of carbonyl (C=O) groups excluding carboxylic acids is 1. The second kappa shape index (κ2) is 8.59. The van der Waals surface area contributed by atoms with E-state index < -0.39 is 6.04 Å². The summed E-state index contributed by atoms with van der Waals surface area (Å²) in [7, 11) is 2.08. The molecule has 2 N–H and O–H groups in total. The summed E-state index contributed by atoms with van der Waals surface area (Å²) in [5.74, 6) is 0.0319. The van der Waals surface area contributed by atoms with Gasteiger partial charge in [-0.1, -0.05) is 29.8 Å². The van der Waals surface area contributed by atoms with E-state index in [9.17, 15) is 4.79 Å². The number of hydrogen-bond acceptors (Lipinski definition) is 3. The van der Waals surface area contributed by atoms with Crippen LogP contribution in [0, 0.1) is 6.92 Å². The first-order valence-electron chi connectivity index (χ1n) is 6.80. The molecule has 1 aromatic rings. The quantitative estimate of drug-likeness (QED) is 0.900. The minimum absolute atomic E-state index is 0. The van der Waals surface area contributed by atoms with Crippen molar-refractivity contribution in [3.63, 3.8) is 0 Å². The van der Waals surface area contributed by atoms with Crippen LogP contribution in [0.5, 0.6) is 0 Å². The summed E-state index contributed by atoms with van der Waals surface area (Å²) < 4.78 is 0. The Morgan fingerprint density at radius 1 is 1.24 bits per heavy atom. The maximum Gasteiger partial charge on any atom is 0.244 e. The van der Waals surface area contributed by atoms with Crippen LogP contribution in [0.25, 0.3) is 0 Å². The third-order valence-corrected chi connectivity index (χ3v) is 3.82. The van der Waals surface area contributed by atoms with Gasteiger partial charge in [0.15, 0.2) is 0 Å². The smallest absolute Gasteiger partial charge is 0.244 e. The average Bonchev–Trinajstić information content (AvgIpc) is 2.38. The minimum Gasteiger partial charge on any atom is -0.336 e. The van der Waals surface area contributed by atoms with Gasteiger partial charge in [-0.2, -0.15) is 0 Å². The summed E-state index contributed by atoms with van der Waals surface area (Å²) >= 11 is 0. The molecular formula is C15H25Cl2N3O. The highest BCUT2D eigenvalue weighted by Gasteiger charge is 2.29. The molecule has 1 saturated heterocycles. The molecule has 1 fully saturated rings. The number of likely N-dealkylation sites (N-methyl/N-ethyl adjacent to an activating group) is 1. The number of hydrogen-bond donors (Lipinski definition) is 1. The largest absolute Gasteiger partial charge is 0.336 e. The topological polar surface area (TPSA) is 49.6 Å². The standard InChI is InChI=1S/C15H23N3O.2ClH/c1-11-4-6-13(7-5-11)14(16)15(19)18-9-8-17(3)10-12(18)2;;/h4-7,12,14H,8-10,16H2,1-3H3;2*1H. The fraction of sp³-hybridized carbons (Fsp3) is 0.533. The van der Waals surface area contributed by atoms with Crippen LogP contribution >= 0.6 is 24.8 Å². The van der Waals surface area contributed by atoms with Crippen LogP contribution in [0.15, 0.2) is 24.3 Å². The van der Waals surface area contributed by atoms with Crippen LogP contribution in [-0.4, -0.2) is 48.4 Å². The molecular weight excluding hydrogens is 309 g/mol. The second-order valence-electron chi connectivity index (χ2n) is 5.53. The highest BCUT2D eigenvalue weighted by atomic mass is 35.5.